The van der Waals surface area contributed by atoms with Crippen LogP contribution < -0.4 is 5.32 Å². The zero-order valence-corrected chi connectivity index (χ0v) is 10.3. The third-order valence-electron chi connectivity index (χ3n) is 1.93. The number of hydrogen-bond acceptors (Lipinski definition) is 4. The molecule has 1 aromatic heterocycles. The molecule has 1 aromatic rings. The van der Waals surface area contributed by atoms with E-state index in [1.807, 2.05) is 12.1 Å². The Labute approximate surface area is 99.0 Å². The Balaban J connectivity index is 2.15. The molecule has 1 unspecified atom stereocenters. The average molecular weight is 250 g/mol. The van der Waals surface area contributed by atoms with Crippen LogP contribution in [0.15, 0.2) is 12.1 Å². The molecule has 0 aliphatic rings. The summed E-state index contributed by atoms with van der Waals surface area (Å²) in [7, 11) is 1.66. The average Bonchev–Trinajstić information content (AvgIpc) is 2.59. The molecule has 0 saturated heterocycles. The fourth-order valence-corrected chi connectivity index (χ4v) is 2.37. The van der Waals surface area contributed by atoms with Crippen molar-refractivity contribution in [1.29, 1.82) is 0 Å². The van der Waals surface area contributed by atoms with Crippen molar-refractivity contribution in [3.8, 4) is 0 Å². The van der Waals surface area contributed by atoms with Gasteiger partial charge >= 0.3 is 0 Å². The number of aliphatic hydroxyl groups excluding tert-OH is 1. The monoisotopic (exact) mass is 249 g/mol. The summed E-state index contributed by atoms with van der Waals surface area (Å²) in [6, 6.07) is 3.80. The van der Waals surface area contributed by atoms with Crippen molar-refractivity contribution >= 4 is 22.9 Å². The highest BCUT2D eigenvalue weighted by molar-refractivity contribution is 7.16. The number of rotatable bonds is 7. The summed E-state index contributed by atoms with van der Waals surface area (Å²) >= 11 is 7.31. The highest BCUT2D eigenvalue weighted by Crippen LogP contribution is 2.22. The predicted octanol–water partition coefficient (Wildman–Crippen LogP) is 1.54. The van der Waals surface area contributed by atoms with Crippen LogP contribution in [0.5, 0.6) is 0 Å². The molecule has 0 bridgehead atoms. The first kappa shape index (κ1) is 12.9. The maximum atomic E-state index is 9.67. The van der Waals surface area contributed by atoms with Gasteiger partial charge in [0.25, 0.3) is 0 Å². The summed E-state index contributed by atoms with van der Waals surface area (Å²) in [5.41, 5.74) is 0. The van der Waals surface area contributed by atoms with Crippen LogP contribution in [0.25, 0.3) is 0 Å². The van der Waals surface area contributed by atoms with Crippen LogP contribution in [0.4, 0.5) is 0 Å². The molecule has 0 amide bonds. The van der Waals surface area contributed by atoms with E-state index in [1.165, 1.54) is 11.3 Å². The largest absolute Gasteiger partial charge is 0.391 e. The van der Waals surface area contributed by atoms with Crippen molar-refractivity contribution in [2.45, 2.75) is 12.5 Å². The molecule has 1 rings (SSSR count). The molecule has 86 valence electrons. The lowest BCUT2D eigenvalue weighted by atomic mass is 10.2. The van der Waals surface area contributed by atoms with Gasteiger partial charge in [-0.1, -0.05) is 11.6 Å². The minimum absolute atomic E-state index is 0.364. The Bertz CT molecular complexity index is 280. The maximum absolute atomic E-state index is 9.67. The molecule has 0 aliphatic heterocycles. The number of hydrogen-bond donors (Lipinski definition) is 2. The van der Waals surface area contributed by atoms with Crippen LogP contribution in [-0.4, -0.2) is 38.0 Å². The third kappa shape index (κ3) is 5.49. The first-order valence-corrected chi connectivity index (χ1v) is 6.03. The fourth-order valence-electron chi connectivity index (χ4n) is 1.21. The van der Waals surface area contributed by atoms with Gasteiger partial charge in [0.05, 0.1) is 17.0 Å². The van der Waals surface area contributed by atoms with Crippen LogP contribution in [0, 0.1) is 0 Å². The molecule has 1 atom stereocenters. The zero-order chi connectivity index (χ0) is 11.1. The molecule has 3 nitrogen and oxygen atoms in total. The second-order valence-corrected chi connectivity index (χ2v) is 5.06. The zero-order valence-electron chi connectivity index (χ0n) is 8.70. The van der Waals surface area contributed by atoms with Gasteiger partial charge in [-0.2, -0.15) is 0 Å². The Hall–Kier alpha value is -0.130. The van der Waals surface area contributed by atoms with Gasteiger partial charge in [0.2, 0.25) is 0 Å². The molecule has 0 radical (unpaired) electrons. The molecule has 0 saturated carbocycles. The van der Waals surface area contributed by atoms with Gasteiger partial charge in [0.15, 0.2) is 0 Å². The van der Waals surface area contributed by atoms with Crippen LogP contribution in [-0.2, 0) is 11.2 Å². The topological polar surface area (TPSA) is 41.5 Å². The van der Waals surface area contributed by atoms with Gasteiger partial charge in [-0.15, -0.1) is 11.3 Å². The number of nitrogens with one attached hydrogen (secondary N) is 1. The van der Waals surface area contributed by atoms with E-state index in [2.05, 4.69) is 5.32 Å². The van der Waals surface area contributed by atoms with Crippen molar-refractivity contribution in [2.24, 2.45) is 0 Å². The van der Waals surface area contributed by atoms with Gasteiger partial charge in [-0.05, 0) is 12.1 Å². The summed E-state index contributed by atoms with van der Waals surface area (Å²) < 4.78 is 5.65. The Morgan fingerprint density at radius 2 is 2.40 bits per heavy atom. The van der Waals surface area contributed by atoms with Crippen molar-refractivity contribution in [3.05, 3.63) is 21.3 Å². The summed E-state index contributed by atoms with van der Waals surface area (Å²) in [6.45, 7) is 2.01. The van der Waals surface area contributed by atoms with E-state index >= 15 is 0 Å². The highest BCUT2D eigenvalue weighted by atomic mass is 35.5. The Kier molecular flexibility index (Phi) is 6.20. The van der Waals surface area contributed by atoms with E-state index in [0.29, 0.717) is 19.6 Å². The molecular formula is C10H16ClNO2S. The molecule has 5 heteroatoms. The molecule has 0 aromatic carbocycles. The second kappa shape index (κ2) is 7.19. The lowest BCUT2D eigenvalue weighted by molar-refractivity contribution is 0.160. The quantitative estimate of drug-likeness (QED) is 0.721. The fraction of sp³-hybridized carbons (Fsp3) is 0.600. The number of thiophene rings is 1. The second-order valence-electron chi connectivity index (χ2n) is 3.26. The summed E-state index contributed by atoms with van der Waals surface area (Å²) in [4.78, 5) is 1.11. The number of aliphatic hydroxyl groups is 1. The van der Waals surface area contributed by atoms with Crippen LogP contribution >= 0.6 is 22.9 Å². The smallest absolute Gasteiger partial charge is 0.0931 e. The van der Waals surface area contributed by atoms with E-state index in [-0.39, 0.29) is 6.10 Å². The predicted molar refractivity (Wildman–Crippen MR) is 63.8 cm³/mol. The van der Waals surface area contributed by atoms with Crippen molar-refractivity contribution < 1.29 is 9.84 Å². The minimum atomic E-state index is -0.364. The first-order chi connectivity index (χ1) is 7.22. The normalized spacial score (nSPS) is 13.0. The SMILES string of the molecule is COCCNCC(O)Cc1ccc(Cl)s1. The number of halogens is 1. The number of ether oxygens (including phenoxy) is 1. The Morgan fingerprint density at radius 3 is 3.00 bits per heavy atom. The van der Waals surface area contributed by atoms with Gasteiger partial charge in [0.1, 0.15) is 0 Å². The lowest BCUT2D eigenvalue weighted by Gasteiger charge is -2.10. The number of methoxy groups -OCH3 is 1. The van der Waals surface area contributed by atoms with Crippen molar-refractivity contribution in [2.75, 3.05) is 26.8 Å². The standard InChI is InChI=1S/C10H16ClNO2S/c1-14-5-4-12-7-8(13)6-9-2-3-10(11)15-9/h2-3,8,12-13H,4-7H2,1H3. The Morgan fingerprint density at radius 1 is 1.60 bits per heavy atom. The maximum Gasteiger partial charge on any atom is 0.0931 e. The van der Waals surface area contributed by atoms with Gasteiger partial charge < -0.3 is 15.2 Å². The van der Waals surface area contributed by atoms with Gasteiger partial charge in [0, 0.05) is 31.5 Å². The third-order valence-corrected chi connectivity index (χ3v) is 3.18. The highest BCUT2D eigenvalue weighted by Gasteiger charge is 2.06. The van der Waals surface area contributed by atoms with Crippen LogP contribution in [0.2, 0.25) is 4.34 Å². The van der Waals surface area contributed by atoms with Gasteiger partial charge in [-0.3, -0.25) is 0 Å². The van der Waals surface area contributed by atoms with E-state index in [0.717, 1.165) is 15.8 Å². The molecule has 0 fully saturated rings. The molecule has 1 heterocycles. The minimum Gasteiger partial charge on any atom is -0.391 e. The van der Waals surface area contributed by atoms with E-state index in [4.69, 9.17) is 16.3 Å². The van der Waals surface area contributed by atoms with Crippen LogP contribution in [0.3, 0.4) is 0 Å². The summed E-state index contributed by atoms with van der Waals surface area (Å²) in [6.07, 6.45) is 0.286. The summed E-state index contributed by atoms with van der Waals surface area (Å²) in [5, 5.41) is 12.8. The molecular weight excluding hydrogens is 234 g/mol. The molecule has 15 heavy (non-hydrogen) atoms. The van der Waals surface area contributed by atoms with Gasteiger partial charge in [-0.25, -0.2) is 0 Å². The first-order valence-electron chi connectivity index (χ1n) is 4.84. The molecule has 0 aliphatic carbocycles. The van der Waals surface area contributed by atoms with E-state index in [1.54, 1.807) is 7.11 Å². The van der Waals surface area contributed by atoms with Crippen LogP contribution in [0.1, 0.15) is 4.88 Å². The van der Waals surface area contributed by atoms with E-state index < -0.39 is 0 Å². The summed E-state index contributed by atoms with van der Waals surface area (Å²) in [5.74, 6) is 0. The van der Waals surface area contributed by atoms with Crippen molar-refractivity contribution in [1.82, 2.24) is 5.32 Å². The molecule has 2 N–H and O–H groups in total. The van der Waals surface area contributed by atoms with Crippen molar-refractivity contribution in [3.63, 3.8) is 0 Å². The lowest BCUT2D eigenvalue weighted by Crippen LogP contribution is -2.30. The molecule has 0 spiro atoms. The van der Waals surface area contributed by atoms with E-state index in [9.17, 15) is 5.11 Å².